The molecular formula is C20H22O6. The van der Waals surface area contributed by atoms with E-state index >= 15 is 0 Å². The second-order valence-electron chi connectivity index (χ2n) is 7.04. The number of allylic oxidation sites excluding steroid dienone is 3. The molecule has 26 heavy (non-hydrogen) atoms. The van der Waals surface area contributed by atoms with Gasteiger partial charge in [0, 0.05) is 16.7 Å². The van der Waals surface area contributed by atoms with Crippen LogP contribution < -0.4 is 4.74 Å². The van der Waals surface area contributed by atoms with Gasteiger partial charge in [-0.25, -0.2) is 0 Å². The number of phenols is 2. The molecule has 2 aliphatic heterocycles. The zero-order valence-corrected chi connectivity index (χ0v) is 15.5. The van der Waals surface area contributed by atoms with Crippen LogP contribution in [0.25, 0.3) is 0 Å². The van der Waals surface area contributed by atoms with Crippen LogP contribution in [-0.4, -0.2) is 27.6 Å². The average molecular weight is 358 g/mol. The van der Waals surface area contributed by atoms with Gasteiger partial charge in [0.1, 0.15) is 28.6 Å². The molecule has 1 spiro atoms. The van der Waals surface area contributed by atoms with Crippen LogP contribution in [0.1, 0.15) is 56.1 Å². The molecule has 3 rings (SSSR count). The molecule has 0 aromatic heterocycles. The molecule has 138 valence electrons. The molecule has 6 heteroatoms. The monoisotopic (exact) mass is 358 g/mol. The van der Waals surface area contributed by atoms with Gasteiger partial charge < -0.3 is 19.7 Å². The van der Waals surface area contributed by atoms with E-state index < -0.39 is 11.6 Å². The van der Waals surface area contributed by atoms with E-state index in [1.54, 1.807) is 13.8 Å². The Morgan fingerprint density at radius 3 is 2.31 bits per heavy atom. The molecule has 2 N–H and O–H groups in total. The van der Waals surface area contributed by atoms with Gasteiger partial charge in [0.15, 0.2) is 5.78 Å². The van der Waals surface area contributed by atoms with Crippen molar-refractivity contribution in [2.45, 2.75) is 53.2 Å². The molecule has 0 saturated heterocycles. The van der Waals surface area contributed by atoms with Crippen molar-refractivity contribution >= 4 is 11.6 Å². The maximum atomic E-state index is 12.6. The summed E-state index contributed by atoms with van der Waals surface area (Å²) in [5, 5.41) is 21.3. The summed E-state index contributed by atoms with van der Waals surface area (Å²) in [6.45, 7) is 8.40. The highest BCUT2D eigenvalue weighted by molar-refractivity contribution is 6.06. The highest BCUT2D eigenvalue weighted by Crippen LogP contribution is 2.52. The summed E-state index contributed by atoms with van der Waals surface area (Å²) in [5.41, 5.74) is 1.95. The van der Waals surface area contributed by atoms with Crippen molar-refractivity contribution in [2.24, 2.45) is 0 Å². The van der Waals surface area contributed by atoms with E-state index in [0.29, 0.717) is 16.9 Å². The highest BCUT2D eigenvalue weighted by Gasteiger charge is 2.55. The zero-order valence-electron chi connectivity index (χ0n) is 15.5. The van der Waals surface area contributed by atoms with E-state index in [-0.39, 0.29) is 47.0 Å². The van der Waals surface area contributed by atoms with Crippen molar-refractivity contribution in [1.82, 2.24) is 0 Å². The molecule has 1 aromatic rings. The number of carbonyl (C=O) groups is 2. The third kappa shape index (κ3) is 2.48. The van der Waals surface area contributed by atoms with Gasteiger partial charge in [-0.1, -0.05) is 11.6 Å². The largest absolute Gasteiger partial charge is 0.507 e. The second kappa shape index (κ2) is 5.90. The van der Waals surface area contributed by atoms with E-state index in [0.717, 1.165) is 5.57 Å². The maximum Gasteiger partial charge on any atom is 0.319 e. The lowest BCUT2D eigenvalue weighted by atomic mass is 9.93. The summed E-state index contributed by atoms with van der Waals surface area (Å²) >= 11 is 0. The summed E-state index contributed by atoms with van der Waals surface area (Å²) in [4.78, 5) is 24.8. The van der Waals surface area contributed by atoms with Crippen molar-refractivity contribution in [3.05, 3.63) is 39.7 Å². The Bertz CT molecular complexity index is 902. The SMILES string of the molecule is CC(=O)c1c(O)c(CC=C(C)C)c(O)c2c1OC1(C2)OC(C)=C(C)C1=O. The van der Waals surface area contributed by atoms with Crippen molar-refractivity contribution in [3.8, 4) is 17.2 Å². The lowest BCUT2D eigenvalue weighted by Crippen LogP contribution is -2.42. The highest BCUT2D eigenvalue weighted by atomic mass is 16.7. The third-order valence-corrected chi connectivity index (χ3v) is 4.87. The summed E-state index contributed by atoms with van der Waals surface area (Å²) < 4.78 is 11.4. The van der Waals surface area contributed by atoms with Gasteiger partial charge in [-0.2, -0.15) is 0 Å². The number of ketones is 2. The van der Waals surface area contributed by atoms with E-state index in [4.69, 9.17) is 9.47 Å². The summed E-state index contributed by atoms with van der Waals surface area (Å²) in [6, 6.07) is 0. The second-order valence-corrected chi connectivity index (χ2v) is 7.04. The summed E-state index contributed by atoms with van der Waals surface area (Å²) in [5.74, 6) is -2.40. The molecule has 1 atom stereocenters. The number of hydrogen-bond donors (Lipinski definition) is 2. The molecule has 1 aromatic carbocycles. The molecule has 0 aliphatic carbocycles. The summed E-state index contributed by atoms with van der Waals surface area (Å²) in [7, 11) is 0. The fourth-order valence-electron chi connectivity index (χ4n) is 3.35. The van der Waals surface area contributed by atoms with E-state index in [2.05, 4.69) is 0 Å². The topological polar surface area (TPSA) is 93.1 Å². The summed E-state index contributed by atoms with van der Waals surface area (Å²) in [6.07, 6.45) is 2.07. The van der Waals surface area contributed by atoms with Crippen LogP contribution >= 0.6 is 0 Å². The molecule has 2 heterocycles. The smallest absolute Gasteiger partial charge is 0.319 e. The molecule has 0 bridgehead atoms. The molecule has 6 nitrogen and oxygen atoms in total. The number of carbonyl (C=O) groups excluding carboxylic acids is 2. The molecule has 2 aliphatic rings. The van der Waals surface area contributed by atoms with Crippen LogP contribution in [-0.2, 0) is 22.4 Å². The van der Waals surface area contributed by atoms with Gasteiger partial charge in [0.05, 0.1) is 6.42 Å². The lowest BCUT2D eigenvalue weighted by molar-refractivity contribution is -0.160. The number of rotatable bonds is 3. The van der Waals surface area contributed by atoms with Crippen molar-refractivity contribution in [1.29, 1.82) is 0 Å². The van der Waals surface area contributed by atoms with E-state index in [9.17, 15) is 19.8 Å². The first kappa shape index (κ1) is 18.0. The minimum atomic E-state index is -1.61. The van der Waals surface area contributed by atoms with E-state index in [1.165, 1.54) is 6.92 Å². The first-order chi connectivity index (χ1) is 12.1. The minimum absolute atomic E-state index is 0.0179. The van der Waals surface area contributed by atoms with Gasteiger partial charge in [-0.05, 0) is 41.0 Å². The van der Waals surface area contributed by atoms with Crippen LogP contribution in [0.15, 0.2) is 23.0 Å². The van der Waals surface area contributed by atoms with Gasteiger partial charge in [0.25, 0.3) is 0 Å². The van der Waals surface area contributed by atoms with Crippen molar-refractivity contribution < 1.29 is 29.3 Å². The Hall–Kier alpha value is -2.76. The number of hydrogen-bond acceptors (Lipinski definition) is 6. The number of fused-ring (bicyclic) bond motifs is 1. The molecular weight excluding hydrogens is 336 g/mol. The van der Waals surface area contributed by atoms with Crippen LogP contribution in [0.4, 0.5) is 0 Å². The zero-order chi connectivity index (χ0) is 19.4. The number of benzene rings is 1. The van der Waals surface area contributed by atoms with Gasteiger partial charge in [0.2, 0.25) is 5.78 Å². The number of aromatic hydroxyl groups is 2. The lowest BCUT2D eigenvalue weighted by Gasteiger charge is -2.22. The van der Waals surface area contributed by atoms with Gasteiger partial charge in [-0.15, -0.1) is 0 Å². The fraction of sp³-hybridized carbons (Fsp3) is 0.400. The quantitative estimate of drug-likeness (QED) is 0.636. The Kier molecular flexibility index (Phi) is 4.09. The standard InChI is InChI=1S/C20H22O6/c1-9(2)6-7-13-16(22)14-8-20(19(24)10(3)12(5)25-20)26-18(14)15(11(4)21)17(13)23/h6,22-23H,7-8H2,1-5H3. The molecule has 0 fully saturated rings. The van der Waals surface area contributed by atoms with Crippen LogP contribution in [0, 0.1) is 0 Å². The first-order valence-corrected chi connectivity index (χ1v) is 8.43. The Morgan fingerprint density at radius 1 is 1.15 bits per heavy atom. The fourth-order valence-corrected chi connectivity index (χ4v) is 3.35. The predicted octanol–water partition coefficient (Wildman–Crippen LogP) is 3.33. The average Bonchev–Trinajstić information content (AvgIpc) is 3.01. The Labute approximate surface area is 151 Å². The van der Waals surface area contributed by atoms with E-state index in [1.807, 2.05) is 19.9 Å². The number of ether oxygens (including phenoxy) is 2. The molecule has 0 amide bonds. The number of Topliss-reactive ketones (excluding diaryl/α,β-unsaturated/α-hetero) is 2. The first-order valence-electron chi connectivity index (χ1n) is 8.43. The van der Waals surface area contributed by atoms with Crippen LogP contribution in [0.5, 0.6) is 17.2 Å². The van der Waals surface area contributed by atoms with Gasteiger partial charge >= 0.3 is 5.79 Å². The van der Waals surface area contributed by atoms with Crippen molar-refractivity contribution in [2.75, 3.05) is 0 Å². The Morgan fingerprint density at radius 2 is 1.81 bits per heavy atom. The van der Waals surface area contributed by atoms with Gasteiger partial charge in [-0.3, -0.25) is 9.59 Å². The van der Waals surface area contributed by atoms with Crippen LogP contribution in [0.2, 0.25) is 0 Å². The molecule has 1 unspecified atom stereocenters. The molecule has 0 saturated carbocycles. The van der Waals surface area contributed by atoms with Crippen LogP contribution in [0.3, 0.4) is 0 Å². The minimum Gasteiger partial charge on any atom is -0.507 e. The third-order valence-electron chi connectivity index (χ3n) is 4.87. The normalized spacial score (nSPS) is 20.9. The van der Waals surface area contributed by atoms with Crippen molar-refractivity contribution in [3.63, 3.8) is 0 Å². The molecule has 0 radical (unpaired) electrons. The number of phenolic OH excluding ortho intramolecular Hbond substituents is 2. The predicted molar refractivity (Wildman–Crippen MR) is 94.4 cm³/mol. The maximum absolute atomic E-state index is 12.6. The Balaban J connectivity index is 2.17.